The van der Waals surface area contributed by atoms with Crippen molar-refractivity contribution in [2.45, 2.75) is 52.0 Å². The highest BCUT2D eigenvalue weighted by atomic mass is 16.6. The van der Waals surface area contributed by atoms with Crippen molar-refractivity contribution in [3.8, 4) is 0 Å². The monoisotopic (exact) mass is 280 g/mol. The van der Waals surface area contributed by atoms with Crippen LogP contribution in [0, 0.1) is 10.1 Å². The van der Waals surface area contributed by atoms with Crippen LogP contribution in [0.15, 0.2) is 12.1 Å². The van der Waals surface area contributed by atoms with Crippen molar-refractivity contribution in [3.63, 3.8) is 0 Å². The molecule has 2 N–H and O–H groups in total. The van der Waals surface area contributed by atoms with Crippen molar-refractivity contribution in [3.05, 3.63) is 22.2 Å². The lowest BCUT2D eigenvalue weighted by molar-refractivity contribution is -0.384. The van der Waals surface area contributed by atoms with Gasteiger partial charge in [-0.1, -0.05) is 33.1 Å². The minimum Gasteiger partial charge on any atom is -0.373 e. The van der Waals surface area contributed by atoms with Crippen LogP contribution in [-0.2, 0) is 0 Å². The highest BCUT2D eigenvalue weighted by Crippen LogP contribution is 2.26. The summed E-state index contributed by atoms with van der Waals surface area (Å²) in [6.45, 7) is 4.26. The lowest BCUT2D eigenvalue weighted by Crippen LogP contribution is -2.21. The summed E-state index contributed by atoms with van der Waals surface area (Å²) in [4.78, 5) is 15.0. The Labute approximate surface area is 120 Å². The summed E-state index contributed by atoms with van der Waals surface area (Å²) in [5, 5.41) is 17.2. The number of nitro groups is 1. The van der Waals surface area contributed by atoms with Crippen LogP contribution in [0.1, 0.15) is 46.0 Å². The first kappa shape index (κ1) is 16.2. The van der Waals surface area contributed by atoms with E-state index in [9.17, 15) is 10.1 Å². The predicted octanol–water partition coefficient (Wildman–Crippen LogP) is 3.80. The molecule has 0 spiro atoms. The molecule has 6 heteroatoms. The van der Waals surface area contributed by atoms with Crippen molar-refractivity contribution in [1.29, 1.82) is 0 Å². The fraction of sp³-hybridized carbons (Fsp3) is 0.643. The first-order chi connectivity index (χ1) is 9.62. The standard InChI is InChI=1S/C14H24N4O2/c1-4-6-8-11(7-5-2)16-14-12(18(19)20)9-10-13(15-3)17-14/h9-11H,4-8H2,1-3H3,(H2,15,16,17). The summed E-state index contributed by atoms with van der Waals surface area (Å²) < 4.78 is 0. The molecule has 0 radical (unpaired) electrons. The Morgan fingerprint density at radius 1 is 1.30 bits per heavy atom. The minimum absolute atomic E-state index is 0.0293. The summed E-state index contributed by atoms with van der Waals surface area (Å²) in [5.41, 5.74) is 0.0293. The molecule has 1 unspecified atom stereocenters. The lowest BCUT2D eigenvalue weighted by Gasteiger charge is -2.18. The van der Waals surface area contributed by atoms with Crippen LogP contribution in [0.5, 0.6) is 0 Å². The molecule has 1 atom stereocenters. The van der Waals surface area contributed by atoms with Gasteiger partial charge in [-0.15, -0.1) is 0 Å². The van der Waals surface area contributed by atoms with Crippen molar-refractivity contribution in [1.82, 2.24) is 4.98 Å². The fourth-order valence-corrected chi connectivity index (χ4v) is 2.13. The van der Waals surface area contributed by atoms with Crippen LogP contribution in [0.25, 0.3) is 0 Å². The predicted molar refractivity (Wildman–Crippen MR) is 82.3 cm³/mol. The topological polar surface area (TPSA) is 80.1 Å². The summed E-state index contributed by atoms with van der Waals surface area (Å²) in [6.07, 6.45) is 5.27. The first-order valence-corrected chi connectivity index (χ1v) is 7.22. The quantitative estimate of drug-likeness (QED) is 0.531. The lowest BCUT2D eigenvalue weighted by atomic mass is 10.1. The smallest absolute Gasteiger partial charge is 0.311 e. The number of aromatic nitrogens is 1. The van der Waals surface area contributed by atoms with Crippen LogP contribution in [0.3, 0.4) is 0 Å². The van der Waals surface area contributed by atoms with E-state index in [1.54, 1.807) is 13.1 Å². The van der Waals surface area contributed by atoms with E-state index >= 15 is 0 Å². The van der Waals surface area contributed by atoms with Gasteiger partial charge in [-0.25, -0.2) is 4.98 Å². The van der Waals surface area contributed by atoms with Gasteiger partial charge in [-0.2, -0.15) is 0 Å². The molecule has 0 amide bonds. The third kappa shape index (κ3) is 4.68. The Bertz CT molecular complexity index is 437. The highest BCUT2D eigenvalue weighted by Gasteiger charge is 2.18. The average Bonchev–Trinajstić information content (AvgIpc) is 2.44. The number of hydrogen-bond acceptors (Lipinski definition) is 5. The first-order valence-electron chi connectivity index (χ1n) is 7.22. The Morgan fingerprint density at radius 2 is 2.05 bits per heavy atom. The molecule has 1 rings (SSSR count). The maximum atomic E-state index is 11.1. The molecule has 0 aliphatic carbocycles. The van der Waals surface area contributed by atoms with Gasteiger partial charge in [0.1, 0.15) is 5.82 Å². The molecule has 0 bridgehead atoms. The van der Waals surface area contributed by atoms with E-state index in [0.717, 1.165) is 32.1 Å². The fourth-order valence-electron chi connectivity index (χ4n) is 2.13. The molecule has 6 nitrogen and oxygen atoms in total. The average molecular weight is 280 g/mol. The summed E-state index contributed by atoms with van der Waals surface area (Å²) in [6, 6.07) is 3.34. The van der Waals surface area contributed by atoms with Crippen molar-refractivity contribution in [2.24, 2.45) is 0 Å². The number of rotatable bonds is 9. The zero-order valence-corrected chi connectivity index (χ0v) is 12.5. The SMILES string of the molecule is CCCCC(CCC)Nc1nc(NC)ccc1[N+](=O)[O-]. The number of hydrogen-bond donors (Lipinski definition) is 2. The second kappa shape index (κ2) is 8.35. The molecule has 0 aromatic carbocycles. The molecule has 1 aromatic heterocycles. The Kier molecular flexibility index (Phi) is 6.76. The summed E-state index contributed by atoms with van der Waals surface area (Å²) in [5.74, 6) is 0.986. The van der Waals surface area contributed by atoms with Crippen molar-refractivity contribution >= 4 is 17.3 Å². The van der Waals surface area contributed by atoms with Crippen LogP contribution in [0.4, 0.5) is 17.3 Å². The minimum atomic E-state index is -0.391. The van der Waals surface area contributed by atoms with Crippen molar-refractivity contribution < 1.29 is 4.92 Å². The molecule has 0 saturated heterocycles. The second-order valence-corrected chi connectivity index (χ2v) is 4.84. The number of nitrogens with zero attached hydrogens (tertiary/aromatic N) is 2. The molecule has 112 valence electrons. The van der Waals surface area contributed by atoms with E-state index in [4.69, 9.17) is 0 Å². The maximum Gasteiger partial charge on any atom is 0.311 e. The van der Waals surface area contributed by atoms with Crippen molar-refractivity contribution in [2.75, 3.05) is 17.7 Å². The van der Waals surface area contributed by atoms with E-state index in [-0.39, 0.29) is 11.7 Å². The second-order valence-electron chi connectivity index (χ2n) is 4.84. The highest BCUT2D eigenvalue weighted by molar-refractivity contribution is 5.60. The van der Waals surface area contributed by atoms with E-state index in [1.165, 1.54) is 6.07 Å². The van der Waals surface area contributed by atoms with E-state index in [2.05, 4.69) is 29.5 Å². The van der Waals surface area contributed by atoms with E-state index in [0.29, 0.717) is 11.6 Å². The molecule has 1 aromatic rings. The molecule has 1 heterocycles. The molecular formula is C14H24N4O2. The molecular weight excluding hydrogens is 256 g/mol. The molecule has 0 fully saturated rings. The van der Waals surface area contributed by atoms with Gasteiger partial charge >= 0.3 is 5.69 Å². The molecule has 0 aliphatic rings. The largest absolute Gasteiger partial charge is 0.373 e. The zero-order valence-electron chi connectivity index (χ0n) is 12.5. The van der Waals surface area contributed by atoms with Crippen LogP contribution in [-0.4, -0.2) is 23.0 Å². The number of nitrogens with one attached hydrogen (secondary N) is 2. The number of unbranched alkanes of at least 4 members (excludes halogenated alkanes) is 1. The molecule has 20 heavy (non-hydrogen) atoms. The van der Waals surface area contributed by atoms with Gasteiger partial charge < -0.3 is 10.6 Å². The zero-order chi connectivity index (χ0) is 15.0. The van der Waals surface area contributed by atoms with Gasteiger partial charge in [-0.05, 0) is 18.9 Å². The molecule has 0 aliphatic heterocycles. The van der Waals surface area contributed by atoms with E-state index < -0.39 is 4.92 Å². The Hall–Kier alpha value is -1.85. The number of anilines is 2. The van der Waals surface area contributed by atoms with Gasteiger partial charge in [0.05, 0.1) is 4.92 Å². The van der Waals surface area contributed by atoms with Crippen LogP contribution >= 0.6 is 0 Å². The van der Waals surface area contributed by atoms with Gasteiger partial charge in [0, 0.05) is 19.2 Å². The maximum absolute atomic E-state index is 11.1. The third-order valence-electron chi connectivity index (χ3n) is 3.21. The third-order valence-corrected chi connectivity index (χ3v) is 3.21. The van der Waals surface area contributed by atoms with Gasteiger partial charge in [-0.3, -0.25) is 10.1 Å². The van der Waals surface area contributed by atoms with Crippen LogP contribution in [0.2, 0.25) is 0 Å². The van der Waals surface area contributed by atoms with Gasteiger partial charge in [0.2, 0.25) is 5.82 Å². The van der Waals surface area contributed by atoms with Gasteiger partial charge in [0.25, 0.3) is 0 Å². The Balaban J connectivity index is 2.93. The summed E-state index contributed by atoms with van der Waals surface area (Å²) >= 11 is 0. The Morgan fingerprint density at radius 3 is 2.60 bits per heavy atom. The van der Waals surface area contributed by atoms with Gasteiger partial charge in [0.15, 0.2) is 0 Å². The summed E-state index contributed by atoms with van der Waals surface area (Å²) in [7, 11) is 1.75. The molecule has 0 saturated carbocycles. The van der Waals surface area contributed by atoms with Crippen LogP contribution < -0.4 is 10.6 Å². The number of pyridine rings is 1. The van der Waals surface area contributed by atoms with E-state index in [1.807, 2.05) is 0 Å². The normalized spacial score (nSPS) is 11.9.